The molecule has 2 aromatic carbocycles. The molecule has 0 aliphatic heterocycles. The van der Waals surface area contributed by atoms with Gasteiger partial charge in [0.2, 0.25) is 0 Å². The number of anilines is 1. The first-order valence-electron chi connectivity index (χ1n) is 6.60. The fourth-order valence-corrected chi connectivity index (χ4v) is 1.85. The highest BCUT2D eigenvalue weighted by molar-refractivity contribution is 5.81. The van der Waals surface area contributed by atoms with Crippen molar-refractivity contribution in [1.82, 2.24) is 0 Å². The highest BCUT2D eigenvalue weighted by Gasteiger charge is 2.33. The van der Waals surface area contributed by atoms with Gasteiger partial charge in [0.25, 0.3) is 5.69 Å². The van der Waals surface area contributed by atoms with Crippen molar-refractivity contribution in [3.63, 3.8) is 0 Å². The number of nitrogens with zero attached hydrogens (tertiary/aromatic N) is 2. The van der Waals surface area contributed by atoms with Gasteiger partial charge in [0.1, 0.15) is 11.4 Å². The maximum absolute atomic E-state index is 12.6. The molecule has 0 aliphatic rings. The number of alkyl halides is 3. The molecule has 0 spiro atoms. The van der Waals surface area contributed by atoms with Crippen molar-refractivity contribution in [3.8, 4) is 5.75 Å². The van der Waals surface area contributed by atoms with E-state index in [1.165, 1.54) is 13.3 Å². The average Bonchev–Trinajstić information content (AvgIpc) is 2.54. The quantitative estimate of drug-likeness (QED) is 0.506. The summed E-state index contributed by atoms with van der Waals surface area (Å²) in [5, 5.41) is 14.8. The van der Waals surface area contributed by atoms with Gasteiger partial charge in [-0.1, -0.05) is 12.1 Å². The number of nitrogens with one attached hydrogen (secondary N) is 1. The van der Waals surface area contributed by atoms with Gasteiger partial charge in [-0.15, -0.1) is 0 Å². The molecule has 6 nitrogen and oxygen atoms in total. The van der Waals surface area contributed by atoms with Crippen LogP contribution in [0.1, 0.15) is 11.1 Å². The third-order valence-corrected chi connectivity index (χ3v) is 3.01. The Morgan fingerprint density at radius 3 is 2.62 bits per heavy atom. The van der Waals surface area contributed by atoms with Crippen molar-refractivity contribution in [2.24, 2.45) is 5.10 Å². The van der Waals surface area contributed by atoms with Crippen molar-refractivity contribution in [2.45, 2.75) is 6.18 Å². The van der Waals surface area contributed by atoms with Gasteiger partial charge in [0, 0.05) is 6.07 Å². The number of nitro benzene ring substituents is 1. The van der Waals surface area contributed by atoms with Gasteiger partial charge in [0.05, 0.1) is 23.8 Å². The van der Waals surface area contributed by atoms with E-state index in [2.05, 4.69) is 10.5 Å². The van der Waals surface area contributed by atoms with Crippen LogP contribution in [0.3, 0.4) is 0 Å². The molecule has 0 saturated carbocycles. The van der Waals surface area contributed by atoms with Gasteiger partial charge in [-0.05, 0) is 29.8 Å². The molecular formula is C15H12F3N3O3. The first-order valence-corrected chi connectivity index (χ1v) is 6.60. The summed E-state index contributed by atoms with van der Waals surface area (Å²) in [5.41, 5.74) is 1.07. The van der Waals surface area contributed by atoms with Crippen LogP contribution >= 0.6 is 0 Å². The molecule has 0 amide bonds. The smallest absolute Gasteiger partial charge is 0.416 e. The maximum atomic E-state index is 12.6. The molecule has 1 N–H and O–H groups in total. The van der Waals surface area contributed by atoms with Crippen LogP contribution in [0.4, 0.5) is 24.5 Å². The molecule has 0 fully saturated rings. The molecular weight excluding hydrogens is 327 g/mol. The summed E-state index contributed by atoms with van der Waals surface area (Å²) >= 11 is 0. The summed E-state index contributed by atoms with van der Waals surface area (Å²) in [6.07, 6.45) is -3.29. The SMILES string of the molecule is COc1cccc(/C=N\Nc2ccc(C(F)(F)F)cc2[N+](=O)[O-])c1. The molecule has 2 rings (SSSR count). The van der Waals surface area contributed by atoms with Crippen LogP contribution in [0.15, 0.2) is 47.6 Å². The number of ether oxygens (including phenoxy) is 1. The molecule has 24 heavy (non-hydrogen) atoms. The molecule has 2 aromatic rings. The zero-order valence-electron chi connectivity index (χ0n) is 12.4. The number of benzene rings is 2. The molecule has 0 unspecified atom stereocenters. The highest BCUT2D eigenvalue weighted by Crippen LogP contribution is 2.34. The topological polar surface area (TPSA) is 76.8 Å². The lowest BCUT2D eigenvalue weighted by atomic mass is 10.1. The molecule has 0 aliphatic carbocycles. The maximum Gasteiger partial charge on any atom is 0.416 e. The Morgan fingerprint density at radius 2 is 2.00 bits per heavy atom. The zero-order valence-corrected chi connectivity index (χ0v) is 12.4. The standard InChI is InChI=1S/C15H12F3N3O3/c1-24-12-4-2-3-10(7-12)9-19-20-13-6-5-11(15(16,17)18)8-14(13)21(22)23/h2-9,20H,1H3/b19-9-. The van der Waals surface area contributed by atoms with Gasteiger partial charge >= 0.3 is 6.18 Å². The van der Waals surface area contributed by atoms with Crippen molar-refractivity contribution in [2.75, 3.05) is 12.5 Å². The van der Waals surface area contributed by atoms with Crippen molar-refractivity contribution < 1.29 is 22.8 Å². The lowest BCUT2D eigenvalue weighted by Crippen LogP contribution is -2.06. The Hall–Kier alpha value is -3.10. The van der Waals surface area contributed by atoms with Crippen LogP contribution in [0.5, 0.6) is 5.75 Å². The third-order valence-electron chi connectivity index (χ3n) is 3.01. The van der Waals surface area contributed by atoms with Gasteiger partial charge in [-0.2, -0.15) is 18.3 Å². The highest BCUT2D eigenvalue weighted by atomic mass is 19.4. The summed E-state index contributed by atoms with van der Waals surface area (Å²) in [6.45, 7) is 0. The number of nitro groups is 1. The van der Waals surface area contributed by atoms with E-state index in [-0.39, 0.29) is 5.69 Å². The molecule has 0 saturated heterocycles. The van der Waals surface area contributed by atoms with Gasteiger partial charge in [-0.3, -0.25) is 15.5 Å². The minimum Gasteiger partial charge on any atom is -0.497 e. The van der Waals surface area contributed by atoms with E-state index in [1.54, 1.807) is 24.3 Å². The summed E-state index contributed by atoms with van der Waals surface area (Å²) < 4.78 is 42.9. The van der Waals surface area contributed by atoms with Crippen LogP contribution in [0, 0.1) is 10.1 Å². The van der Waals surface area contributed by atoms with E-state index in [1.807, 2.05) is 0 Å². The van der Waals surface area contributed by atoms with E-state index in [0.29, 0.717) is 17.4 Å². The number of rotatable bonds is 5. The largest absolute Gasteiger partial charge is 0.497 e. The zero-order chi connectivity index (χ0) is 17.7. The van der Waals surface area contributed by atoms with Gasteiger partial charge in [0.15, 0.2) is 0 Å². The monoisotopic (exact) mass is 339 g/mol. The number of hydrogen-bond acceptors (Lipinski definition) is 5. The summed E-state index contributed by atoms with van der Waals surface area (Å²) in [4.78, 5) is 10.0. The molecule has 9 heteroatoms. The second-order valence-electron chi connectivity index (χ2n) is 4.63. The first-order chi connectivity index (χ1) is 11.3. The predicted molar refractivity (Wildman–Crippen MR) is 82.3 cm³/mol. The number of methoxy groups -OCH3 is 1. The lowest BCUT2D eigenvalue weighted by molar-refractivity contribution is -0.384. The fraction of sp³-hybridized carbons (Fsp3) is 0.133. The van der Waals surface area contributed by atoms with Gasteiger partial charge < -0.3 is 4.74 Å². The third kappa shape index (κ3) is 4.22. The molecule has 0 atom stereocenters. The van der Waals surface area contributed by atoms with Crippen LogP contribution in [0.2, 0.25) is 0 Å². The number of hydrogen-bond donors (Lipinski definition) is 1. The van der Waals surface area contributed by atoms with E-state index in [4.69, 9.17) is 4.74 Å². The minimum absolute atomic E-state index is 0.146. The second kappa shape index (κ2) is 6.99. The molecule has 0 bridgehead atoms. The Labute approximate surface area is 134 Å². The van der Waals surface area contributed by atoms with Gasteiger partial charge in [-0.25, -0.2) is 0 Å². The fourth-order valence-electron chi connectivity index (χ4n) is 1.85. The molecule has 0 heterocycles. The lowest BCUT2D eigenvalue weighted by Gasteiger charge is -2.08. The van der Waals surface area contributed by atoms with Crippen LogP contribution < -0.4 is 10.2 Å². The molecule has 0 aromatic heterocycles. The second-order valence-corrected chi connectivity index (χ2v) is 4.63. The summed E-state index contributed by atoms with van der Waals surface area (Å²) in [5.74, 6) is 0.597. The molecule has 0 radical (unpaired) electrons. The van der Waals surface area contributed by atoms with E-state index < -0.39 is 22.4 Å². The number of hydrazone groups is 1. The van der Waals surface area contributed by atoms with Crippen molar-refractivity contribution in [1.29, 1.82) is 0 Å². The van der Waals surface area contributed by atoms with Crippen molar-refractivity contribution in [3.05, 3.63) is 63.7 Å². The minimum atomic E-state index is -4.66. The van der Waals surface area contributed by atoms with E-state index in [0.717, 1.165) is 12.1 Å². The Bertz CT molecular complexity index is 776. The average molecular weight is 339 g/mol. The summed E-state index contributed by atoms with van der Waals surface area (Å²) in [6, 6.07) is 9.01. The van der Waals surface area contributed by atoms with Crippen LogP contribution in [-0.4, -0.2) is 18.2 Å². The van der Waals surface area contributed by atoms with Crippen LogP contribution in [-0.2, 0) is 6.18 Å². The predicted octanol–water partition coefficient (Wildman–Crippen LogP) is 4.07. The Balaban J connectivity index is 2.22. The van der Waals surface area contributed by atoms with Crippen molar-refractivity contribution >= 4 is 17.6 Å². The summed E-state index contributed by atoms with van der Waals surface area (Å²) in [7, 11) is 1.50. The number of halogens is 3. The van der Waals surface area contributed by atoms with E-state index in [9.17, 15) is 23.3 Å². The normalized spacial score (nSPS) is 11.5. The first kappa shape index (κ1) is 17.3. The van der Waals surface area contributed by atoms with Crippen LogP contribution in [0.25, 0.3) is 0 Å². The Kier molecular flexibility index (Phi) is 5.02. The van der Waals surface area contributed by atoms with E-state index >= 15 is 0 Å². The Morgan fingerprint density at radius 1 is 1.25 bits per heavy atom. The molecule has 126 valence electrons.